The van der Waals surface area contributed by atoms with Crippen LogP contribution in [0.2, 0.25) is 0 Å². The fourth-order valence-electron chi connectivity index (χ4n) is 2.33. The van der Waals surface area contributed by atoms with Gasteiger partial charge in [-0.2, -0.15) is 0 Å². The lowest BCUT2D eigenvalue weighted by Crippen LogP contribution is -2.13. The SMILES string of the molecule is COc1ccc(OC)c(NC(=O)c2cnc(-c3cccc(F)c3)nc2)c1. The number of anilines is 1. The molecule has 2 aromatic carbocycles. The van der Waals surface area contributed by atoms with E-state index in [2.05, 4.69) is 15.3 Å². The van der Waals surface area contributed by atoms with Crippen LogP contribution in [0.15, 0.2) is 54.9 Å². The van der Waals surface area contributed by atoms with Crippen LogP contribution >= 0.6 is 0 Å². The molecule has 0 radical (unpaired) electrons. The van der Waals surface area contributed by atoms with E-state index >= 15 is 0 Å². The van der Waals surface area contributed by atoms with Crippen LogP contribution in [0.3, 0.4) is 0 Å². The van der Waals surface area contributed by atoms with Gasteiger partial charge < -0.3 is 14.8 Å². The molecule has 3 rings (SSSR count). The zero-order chi connectivity index (χ0) is 18.5. The van der Waals surface area contributed by atoms with Gasteiger partial charge in [0.25, 0.3) is 5.91 Å². The molecule has 6 nitrogen and oxygen atoms in total. The standard InChI is InChI=1S/C19H16FN3O3/c1-25-15-6-7-17(26-2)16(9-15)23-19(24)13-10-21-18(22-11-13)12-4-3-5-14(20)8-12/h3-11H,1-2H3,(H,23,24). The van der Waals surface area contributed by atoms with Crippen LogP contribution in [0, 0.1) is 5.82 Å². The zero-order valence-electron chi connectivity index (χ0n) is 14.2. The number of benzene rings is 2. The molecule has 0 fully saturated rings. The number of rotatable bonds is 5. The molecule has 0 bridgehead atoms. The Labute approximate surface area is 149 Å². The molecular weight excluding hydrogens is 337 g/mol. The van der Waals surface area contributed by atoms with Crippen LogP contribution in [0.5, 0.6) is 11.5 Å². The number of ether oxygens (including phenoxy) is 2. The Morgan fingerprint density at radius 3 is 2.46 bits per heavy atom. The fourth-order valence-corrected chi connectivity index (χ4v) is 2.33. The highest BCUT2D eigenvalue weighted by Crippen LogP contribution is 2.29. The number of carbonyl (C=O) groups excluding carboxylic acids is 1. The van der Waals surface area contributed by atoms with E-state index in [9.17, 15) is 9.18 Å². The van der Waals surface area contributed by atoms with Gasteiger partial charge in [0.15, 0.2) is 5.82 Å². The Bertz CT molecular complexity index is 930. The highest BCUT2D eigenvalue weighted by atomic mass is 19.1. The molecule has 26 heavy (non-hydrogen) atoms. The minimum atomic E-state index is -0.401. The predicted molar refractivity (Wildman–Crippen MR) is 94.9 cm³/mol. The molecule has 0 saturated heterocycles. The van der Waals surface area contributed by atoms with Crippen molar-refractivity contribution in [2.45, 2.75) is 0 Å². The molecule has 0 aliphatic heterocycles. The number of amides is 1. The quantitative estimate of drug-likeness (QED) is 0.759. The molecule has 0 aliphatic rings. The molecule has 1 heterocycles. The molecule has 132 valence electrons. The van der Waals surface area contributed by atoms with Gasteiger partial charge in [0.05, 0.1) is 25.5 Å². The van der Waals surface area contributed by atoms with Crippen LogP contribution < -0.4 is 14.8 Å². The summed E-state index contributed by atoms with van der Waals surface area (Å²) in [6, 6.07) is 11.0. The number of methoxy groups -OCH3 is 2. The molecule has 0 aliphatic carbocycles. The van der Waals surface area contributed by atoms with Gasteiger partial charge in [0, 0.05) is 24.0 Å². The van der Waals surface area contributed by atoms with Crippen molar-refractivity contribution in [1.82, 2.24) is 9.97 Å². The lowest BCUT2D eigenvalue weighted by atomic mass is 10.2. The van der Waals surface area contributed by atoms with Crippen molar-refractivity contribution in [1.29, 1.82) is 0 Å². The first-order chi connectivity index (χ1) is 12.6. The van der Waals surface area contributed by atoms with E-state index in [-0.39, 0.29) is 11.4 Å². The second kappa shape index (κ2) is 7.60. The average molecular weight is 353 g/mol. The summed E-state index contributed by atoms with van der Waals surface area (Å²) in [6.45, 7) is 0. The number of hydrogen-bond acceptors (Lipinski definition) is 5. The van der Waals surface area contributed by atoms with Crippen LogP contribution in [-0.2, 0) is 0 Å². The van der Waals surface area contributed by atoms with E-state index in [0.29, 0.717) is 28.6 Å². The number of nitrogens with one attached hydrogen (secondary N) is 1. The molecule has 7 heteroatoms. The molecule has 0 saturated carbocycles. The highest BCUT2D eigenvalue weighted by Gasteiger charge is 2.12. The first kappa shape index (κ1) is 17.3. The lowest BCUT2D eigenvalue weighted by molar-refractivity contribution is 0.102. The van der Waals surface area contributed by atoms with Gasteiger partial charge in [-0.05, 0) is 24.3 Å². The Balaban J connectivity index is 1.81. The second-order valence-corrected chi connectivity index (χ2v) is 5.33. The second-order valence-electron chi connectivity index (χ2n) is 5.33. The molecule has 1 N–H and O–H groups in total. The summed E-state index contributed by atoms with van der Waals surface area (Å²) in [7, 11) is 3.04. The first-order valence-corrected chi connectivity index (χ1v) is 7.72. The Morgan fingerprint density at radius 1 is 1.04 bits per heavy atom. The minimum absolute atomic E-state index is 0.259. The van der Waals surface area contributed by atoms with Gasteiger partial charge in [0.1, 0.15) is 17.3 Å². The summed E-state index contributed by atoms with van der Waals surface area (Å²) in [5, 5.41) is 2.74. The molecule has 3 aromatic rings. The van der Waals surface area contributed by atoms with E-state index in [1.54, 1.807) is 30.3 Å². The van der Waals surface area contributed by atoms with Crippen molar-refractivity contribution in [2.24, 2.45) is 0 Å². The maximum Gasteiger partial charge on any atom is 0.258 e. The molecule has 1 aromatic heterocycles. The third-order valence-electron chi connectivity index (χ3n) is 3.65. The maximum atomic E-state index is 13.3. The zero-order valence-corrected chi connectivity index (χ0v) is 14.2. The van der Waals surface area contributed by atoms with Crippen LogP contribution in [0.4, 0.5) is 10.1 Å². The highest BCUT2D eigenvalue weighted by molar-refractivity contribution is 6.04. The maximum absolute atomic E-state index is 13.3. The topological polar surface area (TPSA) is 73.3 Å². The number of nitrogens with zero attached hydrogens (tertiary/aromatic N) is 2. The van der Waals surface area contributed by atoms with E-state index in [4.69, 9.17) is 9.47 Å². The minimum Gasteiger partial charge on any atom is -0.497 e. The predicted octanol–water partition coefficient (Wildman–Crippen LogP) is 3.55. The fraction of sp³-hybridized carbons (Fsp3) is 0.105. The third kappa shape index (κ3) is 3.77. The molecule has 1 amide bonds. The normalized spacial score (nSPS) is 10.3. The summed E-state index contributed by atoms with van der Waals surface area (Å²) < 4.78 is 23.7. The van der Waals surface area contributed by atoms with E-state index in [1.807, 2.05) is 0 Å². The van der Waals surface area contributed by atoms with Crippen molar-refractivity contribution in [3.8, 4) is 22.9 Å². The van der Waals surface area contributed by atoms with Crippen molar-refractivity contribution in [2.75, 3.05) is 19.5 Å². The van der Waals surface area contributed by atoms with Gasteiger partial charge in [0.2, 0.25) is 0 Å². The largest absolute Gasteiger partial charge is 0.497 e. The molecule has 0 unspecified atom stereocenters. The van der Waals surface area contributed by atoms with Crippen molar-refractivity contribution in [3.63, 3.8) is 0 Å². The average Bonchev–Trinajstić information content (AvgIpc) is 2.68. The summed E-state index contributed by atoms with van der Waals surface area (Å²) in [5.74, 6) is 0.635. The number of hydrogen-bond donors (Lipinski definition) is 1. The molecule has 0 atom stereocenters. The Hall–Kier alpha value is -3.48. The van der Waals surface area contributed by atoms with Crippen LogP contribution in [0.25, 0.3) is 11.4 Å². The van der Waals surface area contributed by atoms with E-state index < -0.39 is 5.91 Å². The first-order valence-electron chi connectivity index (χ1n) is 7.72. The summed E-state index contributed by atoms with van der Waals surface area (Å²) in [4.78, 5) is 20.7. The lowest BCUT2D eigenvalue weighted by Gasteiger charge is -2.11. The van der Waals surface area contributed by atoms with Crippen molar-refractivity contribution >= 4 is 11.6 Å². The van der Waals surface area contributed by atoms with Crippen molar-refractivity contribution < 1.29 is 18.7 Å². The van der Waals surface area contributed by atoms with Crippen LogP contribution in [0.1, 0.15) is 10.4 Å². The summed E-state index contributed by atoms with van der Waals surface area (Å²) in [6.07, 6.45) is 2.77. The van der Waals surface area contributed by atoms with Gasteiger partial charge in [-0.15, -0.1) is 0 Å². The number of aromatic nitrogens is 2. The van der Waals surface area contributed by atoms with Crippen LogP contribution in [-0.4, -0.2) is 30.1 Å². The molecular formula is C19H16FN3O3. The summed E-state index contributed by atoms with van der Waals surface area (Å²) in [5.41, 5.74) is 1.26. The molecule has 0 spiro atoms. The Morgan fingerprint density at radius 2 is 1.81 bits per heavy atom. The Kier molecular flexibility index (Phi) is 5.07. The van der Waals surface area contributed by atoms with E-state index in [1.165, 1.54) is 38.7 Å². The smallest absolute Gasteiger partial charge is 0.258 e. The third-order valence-corrected chi connectivity index (χ3v) is 3.65. The van der Waals surface area contributed by atoms with Gasteiger partial charge in [-0.25, -0.2) is 14.4 Å². The van der Waals surface area contributed by atoms with Gasteiger partial charge >= 0.3 is 0 Å². The van der Waals surface area contributed by atoms with Crippen molar-refractivity contribution in [3.05, 3.63) is 66.2 Å². The van der Waals surface area contributed by atoms with Gasteiger partial charge in [-0.3, -0.25) is 4.79 Å². The summed E-state index contributed by atoms with van der Waals surface area (Å²) >= 11 is 0. The number of halogens is 1. The van der Waals surface area contributed by atoms with E-state index in [0.717, 1.165) is 0 Å². The van der Waals surface area contributed by atoms with Gasteiger partial charge in [-0.1, -0.05) is 12.1 Å². The number of carbonyl (C=O) groups is 1. The monoisotopic (exact) mass is 353 g/mol.